The first-order valence-electron chi connectivity index (χ1n) is 8.82. The second-order valence-electron chi connectivity index (χ2n) is 6.27. The SMILES string of the molecule is O=C(Nc1cc(-c2ccc(Cl)cc2)nc2ccccc12)OCc1ccccc1. The van der Waals surface area contributed by atoms with Gasteiger partial charge < -0.3 is 4.74 Å². The van der Waals surface area contributed by atoms with Gasteiger partial charge in [-0.1, -0.05) is 72.3 Å². The highest BCUT2D eigenvalue weighted by Crippen LogP contribution is 2.29. The van der Waals surface area contributed by atoms with Gasteiger partial charge in [0.05, 0.1) is 16.9 Å². The number of aromatic nitrogens is 1. The van der Waals surface area contributed by atoms with Gasteiger partial charge in [-0.3, -0.25) is 5.32 Å². The van der Waals surface area contributed by atoms with Gasteiger partial charge in [0, 0.05) is 16.0 Å². The number of ether oxygens (including phenoxy) is 1. The second kappa shape index (κ2) is 8.11. The van der Waals surface area contributed by atoms with Crippen LogP contribution in [0.4, 0.5) is 10.5 Å². The lowest BCUT2D eigenvalue weighted by Crippen LogP contribution is -2.14. The van der Waals surface area contributed by atoms with E-state index in [1.807, 2.05) is 84.9 Å². The maximum Gasteiger partial charge on any atom is 0.411 e. The molecule has 0 saturated heterocycles. The molecule has 1 N–H and O–H groups in total. The Kier molecular flexibility index (Phi) is 5.22. The zero-order chi connectivity index (χ0) is 19.3. The third kappa shape index (κ3) is 4.13. The molecule has 0 aliphatic carbocycles. The quantitative estimate of drug-likeness (QED) is 0.446. The molecule has 0 unspecified atom stereocenters. The van der Waals surface area contributed by atoms with Crippen LogP contribution in [0.3, 0.4) is 0 Å². The van der Waals surface area contributed by atoms with Crippen LogP contribution < -0.4 is 5.32 Å². The molecule has 28 heavy (non-hydrogen) atoms. The number of fused-ring (bicyclic) bond motifs is 1. The summed E-state index contributed by atoms with van der Waals surface area (Å²) < 4.78 is 5.35. The van der Waals surface area contributed by atoms with E-state index in [2.05, 4.69) is 5.32 Å². The summed E-state index contributed by atoms with van der Waals surface area (Å²) in [6.45, 7) is 0.208. The number of nitrogens with zero attached hydrogens (tertiary/aromatic N) is 1. The Bertz CT molecular complexity index is 1110. The number of hydrogen-bond donors (Lipinski definition) is 1. The molecule has 0 radical (unpaired) electrons. The first-order valence-corrected chi connectivity index (χ1v) is 9.20. The van der Waals surface area contributed by atoms with Crippen molar-refractivity contribution in [1.82, 2.24) is 4.98 Å². The van der Waals surface area contributed by atoms with Crippen LogP contribution in [0.2, 0.25) is 5.02 Å². The molecule has 1 aromatic heterocycles. The van der Waals surface area contributed by atoms with Crippen LogP contribution >= 0.6 is 11.6 Å². The molecule has 0 fully saturated rings. The number of carbonyl (C=O) groups excluding carboxylic acids is 1. The van der Waals surface area contributed by atoms with Gasteiger partial charge in [0.25, 0.3) is 0 Å². The van der Waals surface area contributed by atoms with E-state index >= 15 is 0 Å². The van der Waals surface area contributed by atoms with Crippen LogP contribution in [0.5, 0.6) is 0 Å². The molecule has 0 atom stereocenters. The molecule has 138 valence electrons. The van der Waals surface area contributed by atoms with Crippen LogP contribution in [0, 0.1) is 0 Å². The summed E-state index contributed by atoms with van der Waals surface area (Å²) in [6, 6.07) is 26.5. The van der Waals surface area contributed by atoms with E-state index in [0.29, 0.717) is 10.7 Å². The van der Waals surface area contributed by atoms with E-state index in [9.17, 15) is 4.79 Å². The van der Waals surface area contributed by atoms with Gasteiger partial charge >= 0.3 is 6.09 Å². The lowest BCUT2D eigenvalue weighted by Gasteiger charge is -2.12. The molecule has 1 amide bonds. The maximum absolute atomic E-state index is 12.4. The van der Waals surface area contributed by atoms with Crippen LogP contribution in [0.15, 0.2) is 84.9 Å². The lowest BCUT2D eigenvalue weighted by molar-refractivity contribution is 0.155. The van der Waals surface area contributed by atoms with Crippen LogP contribution in [-0.2, 0) is 11.3 Å². The zero-order valence-corrected chi connectivity index (χ0v) is 15.7. The number of para-hydroxylation sites is 1. The second-order valence-corrected chi connectivity index (χ2v) is 6.70. The smallest absolute Gasteiger partial charge is 0.411 e. The minimum Gasteiger partial charge on any atom is -0.444 e. The zero-order valence-electron chi connectivity index (χ0n) is 14.9. The van der Waals surface area contributed by atoms with Crippen molar-refractivity contribution in [2.75, 3.05) is 5.32 Å². The Morgan fingerprint density at radius 2 is 1.64 bits per heavy atom. The van der Waals surface area contributed by atoms with Crippen LogP contribution in [0.25, 0.3) is 22.2 Å². The predicted octanol–water partition coefficient (Wildman–Crippen LogP) is 6.30. The molecule has 0 saturated carbocycles. The number of amides is 1. The summed E-state index contributed by atoms with van der Waals surface area (Å²) >= 11 is 5.99. The van der Waals surface area contributed by atoms with Gasteiger partial charge in [-0.15, -0.1) is 0 Å². The van der Waals surface area contributed by atoms with Crippen LogP contribution in [-0.4, -0.2) is 11.1 Å². The van der Waals surface area contributed by atoms with E-state index < -0.39 is 6.09 Å². The van der Waals surface area contributed by atoms with Gasteiger partial charge in [0.1, 0.15) is 6.61 Å². The van der Waals surface area contributed by atoms with Crippen molar-refractivity contribution in [3.05, 3.63) is 95.5 Å². The highest BCUT2D eigenvalue weighted by atomic mass is 35.5. The Morgan fingerprint density at radius 3 is 2.43 bits per heavy atom. The van der Waals surface area contributed by atoms with E-state index in [0.717, 1.165) is 27.7 Å². The van der Waals surface area contributed by atoms with Crippen molar-refractivity contribution in [3.63, 3.8) is 0 Å². The number of carbonyl (C=O) groups is 1. The Balaban J connectivity index is 1.61. The molecule has 0 aliphatic heterocycles. The van der Waals surface area contributed by atoms with Crippen molar-refractivity contribution in [2.24, 2.45) is 0 Å². The molecule has 0 spiro atoms. The molecule has 4 nitrogen and oxygen atoms in total. The summed E-state index contributed by atoms with van der Waals surface area (Å²) in [5.74, 6) is 0. The van der Waals surface area contributed by atoms with E-state index in [-0.39, 0.29) is 6.61 Å². The lowest BCUT2D eigenvalue weighted by atomic mass is 10.1. The fourth-order valence-corrected chi connectivity index (χ4v) is 3.04. The Hall–Kier alpha value is -3.37. The average Bonchev–Trinajstić information content (AvgIpc) is 2.73. The topological polar surface area (TPSA) is 51.2 Å². The van der Waals surface area contributed by atoms with Crippen molar-refractivity contribution in [1.29, 1.82) is 0 Å². The monoisotopic (exact) mass is 388 g/mol. The number of benzene rings is 3. The predicted molar refractivity (Wildman–Crippen MR) is 112 cm³/mol. The van der Waals surface area contributed by atoms with E-state index in [4.69, 9.17) is 21.3 Å². The summed E-state index contributed by atoms with van der Waals surface area (Å²) in [7, 11) is 0. The van der Waals surface area contributed by atoms with Gasteiger partial charge in [-0.05, 0) is 29.8 Å². The van der Waals surface area contributed by atoms with Gasteiger partial charge in [0.2, 0.25) is 0 Å². The van der Waals surface area contributed by atoms with Crippen molar-refractivity contribution < 1.29 is 9.53 Å². The van der Waals surface area contributed by atoms with Crippen molar-refractivity contribution >= 4 is 34.3 Å². The standard InChI is InChI=1S/C23H17ClN2O2/c24-18-12-10-17(11-13-18)21-14-22(19-8-4-5-9-20(19)25-21)26-23(27)28-15-16-6-2-1-3-7-16/h1-14H,15H2,(H,25,26,27). The first-order chi connectivity index (χ1) is 13.7. The maximum atomic E-state index is 12.4. The van der Waals surface area contributed by atoms with Crippen molar-refractivity contribution in [2.45, 2.75) is 6.61 Å². The molecular weight excluding hydrogens is 372 g/mol. The van der Waals surface area contributed by atoms with Crippen LogP contribution in [0.1, 0.15) is 5.56 Å². The van der Waals surface area contributed by atoms with E-state index in [1.165, 1.54) is 0 Å². The summed E-state index contributed by atoms with van der Waals surface area (Å²) in [5, 5.41) is 4.35. The molecular formula is C23H17ClN2O2. The number of halogens is 1. The minimum absolute atomic E-state index is 0.208. The molecule has 1 heterocycles. The fraction of sp³-hybridized carbons (Fsp3) is 0.0435. The summed E-state index contributed by atoms with van der Waals surface area (Å²) in [6.07, 6.45) is -0.512. The average molecular weight is 389 g/mol. The number of pyridine rings is 1. The Labute approximate surface area is 167 Å². The molecule has 3 aromatic carbocycles. The first kappa shape index (κ1) is 18.0. The largest absolute Gasteiger partial charge is 0.444 e. The number of hydrogen-bond acceptors (Lipinski definition) is 3. The Morgan fingerprint density at radius 1 is 0.929 bits per heavy atom. The van der Waals surface area contributed by atoms with E-state index in [1.54, 1.807) is 0 Å². The fourth-order valence-electron chi connectivity index (χ4n) is 2.92. The summed E-state index contributed by atoms with van der Waals surface area (Å²) in [5.41, 5.74) is 4.02. The van der Waals surface area contributed by atoms with Crippen molar-refractivity contribution in [3.8, 4) is 11.3 Å². The molecule has 0 aliphatic rings. The number of nitrogens with one attached hydrogen (secondary N) is 1. The number of rotatable bonds is 4. The molecule has 0 bridgehead atoms. The minimum atomic E-state index is -0.512. The van der Waals surface area contributed by atoms with Gasteiger partial charge in [0.15, 0.2) is 0 Å². The number of anilines is 1. The van der Waals surface area contributed by atoms with Gasteiger partial charge in [-0.25, -0.2) is 9.78 Å². The molecule has 4 rings (SSSR count). The normalized spacial score (nSPS) is 10.6. The highest BCUT2D eigenvalue weighted by Gasteiger charge is 2.11. The van der Waals surface area contributed by atoms with Gasteiger partial charge in [-0.2, -0.15) is 0 Å². The third-order valence-electron chi connectivity index (χ3n) is 4.31. The summed E-state index contributed by atoms with van der Waals surface area (Å²) in [4.78, 5) is 17.1. The molecule has 5 heteroatoms. The third-order valence-corrected chi connectivity index (χ3v) is 4.56. The molecule has 4 aromatic rings. The highest BCUT2D eigenvalue weighted by molar-refractivity contribution is 6.30.